The van der Waals surface area contributed by atoms with Gasteiger partial charge >= 0.3 is 0 Å². The van der Waals surface area contributed by atoms with Crippen LogP contribution in [0.15, 0.2) is 42.5 Å². The number of benzene rings is 2. The minimum absolute atomic E-state index is 0.101. The maximum Gasteiger partial charge on any atom is 0.269 e. The Morgan fingerprint density at radius 2 is 1.96 bits per heavy atom. The van der Waals surface area contributed by atoms with E-state index >= 15 is 0 Å². The second-order valence-electron chi connectivity index (χ2n) is 8.36. The van der Waals surface area contributed by atoms with Crippen LogP contribution in [0.5, 0.6) is 5.75 Å². The Kier molecular flexibility index (Phi) is 4.77. The first-order chi connectivity index (χ1) is 13.5. The van der Waals surface area contributed by atoms with Crippen molar-refractivity contribution in [3.05, 3.63) is 63.7 Å². The molecule has 1 saturated carbocycles. The lowest BCUT2D eigenvalue weighted by Gasteiger charge is -2.54. The predicted molar refractivity (Wildman–Crippen MR) is 111 cm³/mol. The van der Waals surface area contributed by atoms with Gasteiger partial charge in [0.25, 0.3) is 5.69 Å². The summed E-state index contributed by atoms with van der Waals surface area (Å²) in [5.74, 6) is 0.874. The topological polar surface area (TPSA) is 66.6 Å². The molecule has 0 heterocycles. The highest BCUT2D eigenvalue weighted by Gasteiger charge is 2.49. The third-order valence-electron chi connectivity index (χ3n) is 7.22. The number of non-ortho nitro benzene ring substituents is 1. The number of phenolic OH excluding ortho intramolecular Hbond substituents is 1. The summed E-state index contributed by atoms with van der Waals surface area (Å²) < 4.78 is 0. The van der Waals surface area contributed by atoms with E-state index in [0.29, 0.717) is 17.7 Å². The molecule has 0 amide bonds. The van der Waals surface area contributed by atoms with Crippen LogP contribution in [0.2, 0.25) is 0 Å². The van der Waals surface area contributed by atoms with Gasteiger partial charge in [0.1, 0.15) is 5.75 Å². The van der Waals surface area contributed by atoms with E-state index < -0.39 is 0 Å². The molecule has 0 aliphatic heterocycles. The van der Waals surface area contributed by atoms with Crippen molar-refractivity contribution in [2.45, 2.75) is 56.9 Å². The van der Waals surface area contributed by atoms with Crippen LogP contribution in [-0.4, -0.2) is 23.1 Å². The van der Waals surface area contributed by atoms with Gasteiger partial charge < -0.3 is 10.0 Å². The number of anilines is 1. The molecule has 148 valence electrons. The van der Waals surface area contributed by atoms with Gasteiger partial charge in [-0.15, -0.1) is 0 Å². The molecule has 4 rings (SSSR count). The van der Waals surface area contributed by atoms with Gasteiger partial charge in [-0.3, -0.25) is 10.1 Å². The average Bonchev–Trinajstić information content (AvgIpc) is 2.72. The number of hydrogen-bond donors (Lipinski definition) is 1. The van der Waals surface area contributed by atoms with Crippen LogP contribution in [0.25, 0.3) is 0 Å². The van der Waals surface area contributed by atoms with Crippen LogP contribution in [-0.2, 0) is 11.8 Å². The summed E-state index contributed by atoms with van der Waals surface area (Å²) >= 11 is 0. The van der Waals surface area contributed by atoms with Crippen molar-refractivity contribution in [3.63, 3.8) is 0 Å². The summed E-state index contributed by atoms with van der Waals surface area (Å²) in [7, 11) is 2.12. The fourth-order valence-corrected chi connectivity index (χ4v) is 5.77. The van der Waals surface area contributed by atoms with Crippen molar-refractivity contribution in [1.29, 1.82) is 0 Å². The molecule has 28 heavy (non-hydrogen) atoms. The Morgan fingerprint density at radius 3 is 2.64 bits per heavy atom. The Bertz CT molecular complexity index is 880. The maximum absolute atomic E-state index is 11.0. The van der Waals surface area contributed by atoms with Gasteiger partial charge in [0, 0.05) is 36.3 Å². The number of phenols is 1. The third-order valence-corrected chi connectivity index (χ3v) is 7.22. The van der Waals surface area contributed by atoms with E-state index in [1.807, 2.05) is 18.2 Å². The second-order valence-corrected chi connectivity index (χ2v) is 8.36. The first kappa shape index (κ1) is 18.8. The largest absolute Gasteiger partial charge is 0.508 e. The zero-order valence-corrected chi connectivity index (χ0v) is 16.6. The molecule has 0 aromatic heterocycles. The first-order valence-corrected chi connectivity index (χ1v) is 10.3. The van der Waals surface area contributed by atoms with Crippen molar-refractivity contribution in [2.75, 3.05) is 11.9 Å². The summed E-state index contributed by atoms with van der Waals surface area (Å²) in [4.78, 5) is 13.0. The van der Waals surface area contributed by atoms with Gasteiger partial charge in [-0.2, -0.15) is 0 Å². The van der Waals surface area contributed by atoms with E-state index in [1.165, 1.54) is 30.4 Å². The van der Waals surface area contributed by atoms with E-state index in [4.69, 9.17) is 0 Å². The Hall–Kier alpha value is -2.56. The van der Waals surface area contributed by atoms with Crippen LogP contribution in [0.4, 0.5) is 11.4 Å². The summed E-state index contributed by atoms with van der Waals surface area (Å²) in [6.07, 6.45) is 6.83. The molecule has 3 atom stereocenters. The minimum Gasteiger partial charge on any atom is -0.508 e. The van der Waals surface area contributed by atoms with Crippen LogP contribution in [0.1, 0.15) is 50.2 Å². The average molecular weight is 380 g/mol. The Morgan fingerprint density at radius 1 is 1.21 bits per heavy atom. The molecular weight excluding hydrogens is 352 g/mol. The number of nitro benzene ring substituents is 1. The van der Waals surface area contributed by atoms with Gasteiger partial charge in [-0.1, -0.05) is 25.8 Å². The monoisotopic (exact) mass is 380 g/mol. The number of nitro groups is 1. The highest BCUT2D eigenvalue weighted by molar-refractivity contribution is 5.53. The van der Waals surface area contributed by atoms with Gasteiger partial charge in [0.05, 0.1) is 4.92 Å². The van der Waals surface area contributed by atoms with Gasteiger partial charge in [0.15, 0.2) is 0 Å². The van der Waals surface area contributed by atoms with Crippen LogP contribution >= 0.6 is 0 Å². The molecule has 0 bridgehead atoms. The number of hydrogen-bond acceptors (Lipinski definition) is 4. The van der Waals surface area contributed by atoms with Crippen LogP contribution < -0.4 is 4.90 Å². The fourth-order valence-electron chi connectivity index (χ4n) is 5.77. The molecule has 0 spiro atoms. The minimum atomic E-state index is -0.351. The van der Waals surface area contributed by atoms with Gasteiger partial charge in [0.2, 0.25) is 0 Å². The smallest absolute Gasteiger partial charge is 0.269 e. The normalized spacial score (nSPS) is 26.2. The number of nitrogens with zero attached hydrogens (tertiary/aromatic N) is 2. The number of likely N-dealkylation sites (N-methyl/N-ethyl adjacent to an activating group) is 1. The molecule has 5 nitrogen and oxygen atoms in total. The lowest BCUT2D eigenvalue weighted by atomic mass is 9.54. The van der Waals surface area contributed by atoms with Crippen molar-refractivity contribution in [1.82, 2.24) is 0 Å². The van der Waals surface area contributed by atoms with Crippen molar-refractivity contribution in [2.24, 2.45) is 5.92 Å². The zero-order chi connectivity index (χ0) is 19.9. The van der Waals surface area contributed by atoms with Crippen LogP contribution in [0, 0.1) is 16.0 Å². The molecule has 2 aliphatic rings. The molecule has 5 heteroatoms. The molecule has 0 unspecified atom stereocenters. The molecule has 1 fully saturated rings. The summed E-state index contributed by atoms with van der Waals surface area (Å²) in [5.41, 5.74) is 3.92. The Labute approximate surface area is 166 Å². The van der Waals surface area contributed by atoms with Crippen molar-refractivity contribution in [3.8, 4) is 5.75 Å². The molecule has 1 N–H and O–H groups in total. The van der Waals surface area contributed by atoms with Gasteiger partial charge in [-0.25, -0.2) is 0 Å². The van der Waals surface area contributed by atoms with E-state index in [-0.39, 0.29) is 16.0 Å². The van der Waals surface area contributed by atoms with Crippen molar-refractivity contribution >= 4 is 11.4 Å². The SMILES string of the molecule is CC[C@@]12CCCC[C@@H]1[C@@H](N(C)c1ccc([N+](=O)[O-])cc1)Cc1ccc(O)cc12. The molecule has 2 aromatic rings. The zero-order valence-electron chi connectivity index (χ0n) is 16.6. The number of fused-ring (bicyclic) bond motifs is 3. The van der Waals surface area contributed by atoms with Crippen LogP contribution in [0.3, 0.4) is 0 Å². The van der Waals surface area contributed by atoms with Crippen molar-refractivity contribution < 1.29 is 10.0 Å². The lowest BCUT2D eigenvalue weighted by molar-refractivity contribution is -0.384. The van der Waals surface area contributed by atoms with E-state index in [2.05, 4.69) is 24.9 Å². The molecule has 2 aromatic carbocycles. The maximum atomic E-state index is 11.0. The summed E-state index contributed by atoms with van der Waals surface area (Å²) in [6.45, 7) is 2.28. The molecule has 0 radical (unpaired) electrons. The Balaban J connectivity index is 1.75. The van der Waals surface area contributed by atoms with Gasteiger partial charge in [-0.05, 0) is 67.0 Å². The van der Waals surface area contributed by atoms with E-state index in [9.17, 15) is 15.2 Å². The standard InChI is InChI=1S/C23H28N2O3/c1-3-23-13-5-4-6-20(23)22(14-16-7-12-19(26)15-21(16)23)24(2)17-8-10-18(11-9-17)25(27)28/h7-12,15,20,22,26H,3-6,13-14H2,1-2H3/t20-,22+,23-/m1/s1. The van der Waals surface area contributed by atoms with E-state index in [1.54, 1.807) is 18.2 Å². The third kappa shape index (κ3) is 2.93. The summed E-state index contributed by atoms with van der Waals surface area (Å²) in [6, 6.07) is 13.1. The predicted octanol–water partition coefficient (Wildman–Crippen LogP) is 5.20. The first-order valence-electron chi connectivity index (χ1n) is 10.3. The quantitative estimate of drug-likeness (QED) is 0.585. The highest BCUT2D eigenvalue weighted by Crippen LogP contribution is 2.54. The lowest BCUT2D eigenvalue weighted by Crippen LogP contribution is -2.54. The molecular formula is C23H28N2O3. The highest BCUT2D eigenvalue weighted by atomic mass is 16.6. The molecule has 0 saturated heterocycles. The fraction of sp³-hybridized carbons (Fsp3) is 0.478. The summed E-state index contributed by atoms with van der Waals surface area (Å²) in [5, 5.41) is 21.1. The number of aromatic hydroxyl groups is 1. The second kappa shape index (κ2) is 7.12. The molecule has 2 aliphatic carbocycles. The number of rotatable bonds is 4. The van der Waals surface area contributed by atoms with E-state index in [0.717, 1.165) is 24.9 Å².